The lowest BCUT2D eigenvalue weighted by atomic mass is 10.1. The van der Waals surface area contributed by atoms with Crippen molar-refractivity contribution in [1.82, 2.24) is 20.1 Å². The smallest absolute Gasteiger partial charge is 0.0312 e. The van der Waals surface area contributed by atoms with Crippen molar-refractivity contribution in [3.63, 3.8) is 0 Å². The van der Waals surface area contributed by atoms with E-state index < -0.39 is 0 Å². The van der Waals surface area contributed by atoms with Crippen molar-refractivity contribution < 1.29 is 0 Å². The molecular formula is C15H24N4. The fourth-order valence-corrected chi connectivity index (χ4v) is 3.23. The van der Waals surface area contributed by atoms with Crippen molar-refractivity contribution in [3.05, 3.63) is 30.1 Å². The number of hydrogen-bond acceptors (Lipinski definition) is 4. The molecule has 2 saturated heterocycles. The van der Waals surface area contributed by atoms with Gasteiger partial charge >= 0.3 is 0 Å². The Labute approximate surface area is 115 Å². The molecule has 2 aliphatic heterocycles. The maximum atomic E-state index is 4.13. The number of aromatic nitrogens is 1. The molecule has 1 aromatic heterocycles. The minimum atomic E-state index is 0.840. The first kappa shape index (κ1) is 13.0. The first-order valence-electron chi connectivity index (χ1n) is 7.48. The third-order valence-corrected chi connectivity index (χ3v) is 4.33. The summed E-state index contributed by atoms with van der Waals surface area (Å²) in [6, 6.07) is 4.96. The van der Waals surface area contributed by atoms with Crippen LogP contribution in [0.2, 0.25) is 0 Å². The molecule has 0 saturated carbocycles. The third-order valence-electron chi connectivity index (χ3n) is 4.33. The summed E-state index contributed by atoms with van der Waals surface area (Å²) in [4.78, 5) is 9.41. The van der Waals surface area contributed by atoms with Gasteiger partial charge in [-0.25, -0.2) is 0 Å². The summed E-state index contributed by atoms with van der Waals surface area (Å²) in [6.45, 7) is 8.29. The summed E-state index contributed by atoms with van der Waals surface area (Å²) in [5.41, 5.74) is 1.27. The summed E-state index contributed by atoms with van der Waals surface area (Å²) in [5.74, 6) is 0. The molecule has 1 aromatic rings. The SMILES string of the molecule is c1cncc(CNCCN2CCN3CCCC3C2)c1. The molecule has 0 aromatic carbocycles. The van der Waals surface area contributed by atoms with Crippen molar-refractivity contribution in [2.75, 3.05) is 39.3 Å². The van der Waals surface area contributed by atoms with Crippen molar-refractivity contribution >= 4 is 0 Å². The predicted octanol–water partition coefficient (Wildman–Crippen LogP) is 0.951. The Morgan fingerprint density at radius 3 is 3.21 bits per heavy atom. The first-order valence-corrected chi connectivity index (χ1v) is 7.48. The summed E-state index contributed by atoms with van der Waals surface area (Å²) >= 11 is 0. The van der Waals surface area contributed by atoms with Crippen LogP contribution in [0.4, 0.5) is 0 Å². The van der Waals surface area contributed by atoms with Crippen molar-refractivity contribution in [2.45, 2.75) is 25.4 Å². The van der Waals surface area contributed by atoms with E-state index in [9.17, 15) is 0 Å². The minimum Gasteiger partial charge on any atom is -0.311 e. The Morgan fingerprint density at radius 2 is 2.32 bits per heavy atom. The molecule has 0 aliphatic carbocycles. The Bertz CT molecular complexity index is 381. The van der Waals surface area contributed by atoms with E-state index >= 15 is 0 Å². The quantitative estimate of drug-likeness (QED) is 0.799. The molecule has 0 spiro atoms. The van der Waals surface area contributed by atoms with E-state index in [0.717, 1.165) is 19.1 Å². The molecule has 0 amide bonds. The maximum Gasteiger partial charge on any atom is 0.0312 e. The first-order chi connectivity index (χ1) is 9.42. The zero-order valence-electron chi connectivity index (χ0n) is 11.6. The Balaban J connectivity index is 1.34. The molecule has 3 heterocycles. The summed E-state index contributed by atoms with van der Waals surface area (Å²) in [6.07, 6.45) is 6.56. The van der Waals surface area contributed by atoms with Gasteiger partial charge in [-0.15, -0.1) is 0 Å². The number of nitrogens with one attached hydrogen (secondary N) is 1. The van der Waals surface area contributed by atoms with E-state index in [1.54, 1.807) is 0 Å². The fraction of sp³-hybridized carbons (Fsp3) is 0.667. The van der Waals surface area contributed by atoms with Gasteiger partial charge in [0.15, 0.2) is 0 Å². The second-order valence-corrected chi connectivity index (χ2v) is 5.67. The fourth-order valence-electron chi connectivity index (χ4n) is 3.23. The monoisotopic (exact) mass is 260 g/mol. The molecule has 19 heavy (non-hydrogen) atoms. The Morgan fingerprint density at radius 1 is 1.32 bits per heavy atom. The standard InChI is InChI=1S/C15H24N4/c1-3-14(11-16-5-1)12-17-6-8-18-9-10-19-7-2-4-15(19)13-18/h1,3,5,11,15,17H,2,4,6-10,12-13H2. The normalized spacial score (nSPS) is 24.5. The lowest BCUT2D eigenvalue weighted by Gasteiger charge is -2.37. The van der Waals surface area contributed by atoms with Crippen LogP contribution in [0.3, 0.4) is 0 Å². The van der Waals surface area contributed by atoms with Crippen LogP contribution < -0.4 is 5.32 Å². The van der Waals surface area contributed by atoms with Crippen LogP contribution in [0, 0.1) is 0 Å². The van der Waals surface area contributed by atoms with Gasteiger partial charge in [0, 0.05) is 57.7 Å². The topological polar surface area (TPSA) is 31.4 Å². The van der Waals surface area contributed by atoms with Gasteiger partial charge < -0.3 is 5.32 Å². The Kier molecular flexibility index (Phi) is 4.43. The largest absolute Gasteiger partial charge is 0.311 e. The average molecular weight is 260 g/mol. The minimum absolute atomic E-state index is 0.840. The van der Waals surface area contributed by atoms with Crippen molar-refractivity contribution in [3.8, 4) is 0 Å². The molecule has 4 nitrogen and oxygen atoms in total. The molecule has 1 unspecified atom stereocenters. The van der Waals surface area contributed by atoms with Gasteiger partial charge in [-0.3, -0.25) is 14.8 Å². The van der Waals surface area contributed by atoms with Gasteiger partial charge in [0.1, 0.15) is 0 Å². The molecule has 2 fully saturated rings. The van der Waals surface area contributed by atoms with Gasteiger partial charge in [0.05, 0.1) is 0 Å². The Hall–Kier alpha value is -0.970. The van der Waals surface area contributed by atoms with Gasteiger partial charge in [-0.05, 0) is 31.0 Å². The number of pyridine rings is 1. The predicted molar refractivity (Wildman–Crippen MR) is 77.0 cm³/mol. The van der Waals surface area contributed by atoms with Gasteiger partial charge in [0.25, 0.3) is 0 Å². The maximum absolute atomic E-state index is 4.13. The molecule has 0 bridgehead atoms. The highest BCUT2D eigenvalue weighted by molar-refractivity contribution is 5.07. The zero-order valence-corrected chi connectivity index (χ0v) is 11.6. The van der Waals surface area contributed by atoms with Crippen LogP contribution in [-0.4, -0.2) is 60.1 Å². The van der Waals surface area contributed by atoms with E-state index in [4.69, 9.17) is 0 Å². The van der Waals surface area contributed by atoms with E-state index in [-0.39, 0.29) is 0 Å². The van der Waals surface area contributed by atoms with Gasteiger partial charge in [-0.2, -0.15) is 0 Å². The summed E-state index contributed by atoms with van der Waals surface area (Å²) in [5, 5.41) is 3.51. The molecule has 3 rings (SSSR count). The third kappa shape index (κ3) is 3.53. The molecule has 1 N–H and O–H groups in total. The lowest BCUT2D eigenvalue weighted by molar-refractivity contribution is 0.105. The van der Waals surface area contributed by atoms with E-state index in [1.807, 2.05) is 18.5 Å². The van der Waals surface area contributed by atoms with Crippen LogP contribution in [0.1, 0.15) is 18.4 Å². The lowest BCUT2D eigenvalue weighted by Crippen LogP contribution is -2.51. The van der Waals surface area contributed by atoms with E-state index in [0.29, 0.717) is 0 Å². The second kappa shape index (κ2) is 6.46. The van der Waals surface area contributed by atoms with Crippen molar-refractivity contribution in [1.29, 1.82) is 0 Å². The number of rotatable bonds is 5. The molecule has 1 atom stereocenters. The molecule has 0 radical (unpaired) electrons. The van der Waals surface area contributed by atoms with Crippen LogP contribution in [0.25, 0.3) is 0 Å². The highest BCUT2D eigenvalue weighted by Crippen LogP contribution is 2.20. The van der Waals surface area contributed by atoms with Crippen LogP contribution >= 0.6 is 0 Å². The highest BCUT2D eigenvalue weighted by Gasteiger charge is 2.29. The molecular weight excluding hydrogens is 236 g/mol. The second-order valence-electron chi connectivity index (χ2n) is 5.67. The van der Waals surface area contributed by atoms with E-state index in [2.05, 4.69) is 26.2 Å². The van der Waals surface area contributed by atoms with Crippen LogP contribution in [0.15, 0.2) is 24.5 Å². The zero-order chi connectivity index (χ0) is 12.9. The van der Waals surface area contributed by atoms with Gasteiger partial charge in [-0.1, -0.05) is 6.07 Å². The average Bonchev–Trinajstić information content (AvgIpc) is 2.92. The highest BCUT2D eigenvalue weighted by atomic mass is 15.3. The van der Waals surface area contributed by atoms with Gasteiger partial charge in [0.2, 0.25) is 0 Å². The molecule has 4 heteroatoms. The van der Waals surface area contributed by atoms with Crippen LogP contribution in [-0.2, 0) is 6.54 Å². The van der Waals surface area contributed by atoms with Crippen LogP contribution in [0.5, 0.6) is 0 Å². The molecule has 104 valence electrons. The number of fused-ring (bicyclic) bond motifs is 1. The number of nitrogens with zero attached hydrogens (tertiary/aromatic N) is 3. The van der Waals surface area contributed by atoms with Crippen molar-refractivity contribution in [2.24, 2.45) is 0 Å². The summed E-state index contributed by atoms with van der Waals surface area (Å²) < 4.78 is 0. The van der Waals surface area contributed by atoms with E-state index in [1.165, 1.54) is 51.1 Å². The number of piperazine rings is 1. The summed E-state index contributed by atoms with van der Waals surface area (Å²) in [7, 11) is 0. The molecule has 2 aliphatic rings. The number of hydrogen-bond donors (Lipinski definition) is 1.